The van der Waals surface area contributed by atoms with Crippen LogP contribution in [-0.2, 0) is 0 Å². The van der Waals surface area contributed by atoms with Gasteiger partial charge in [0.2, 0.25) is 0 Å². The van der Waals surface area contributed by atoms with Crippen molar-refractivity contribution < 1.29 is 9.66 Å². The second-order valence-electron chi connectivity index (χ2n) is 3.92. The van der Waals surface area contributed by atoms with E-state index in [1.54, 1.807) is 30.3 Å². The summed E-state index contributed by atoms with van der Waals surface area (Å²) in [4.78, 5) is 10.7. The van der Waals surface area contributed by atoms with Gasteiger partial charge < -0.3 is 4.74 Å². The van der Waals surface area contributed by atoms with Crippen LogP contribution in [0.4, 0.5) is 5.69 Å². The van der Waals surface area contributed by atoms with Gasteiger partial charge in [-0.1, -0.05) is 17.7 Å². The van der Waals surface area contributed by atoms with E-state index in [9.17, 15) is 10.1 Å². The van der Waals surface area contributed by atoms with Crippen LogP contribution in [0.15, 0.2) is 36.4 Å². The van der Waals surface area contributed by atoms with Gasteiger partial charge in [-0.25, -0.2) is 0 Å². The molecule has 0 atom stereocenters. The van der Waals surface area contributed by atoms with E-state index in [0.29, 0.717) is 21.9 Å². The molecular formula is C14H9ClN2O3. The Labute approximate surface area is 120 Å². The fourth-order valence-corrected chi connectivity index (χ4v) is 2.10. The van der Waals surface area contributed by atoms with E-state index < -0.39 is 4.92 Å². The summed E-state index contributed by atoms with van der Waals surface area (Å²) in [7, 11) is 1.45. The number of para-hydroxylation sites is 1. The van der Waals surface area contributed by atoms with Crippen LogP contribution in [0, 0.1) is 21.4 Å². The Morgan fingerprint density at radius 1 is 1.30 bits per heavy atom. The maximum absolute atomic E-state index is 11.2. The van der Waals surface area contributed by atoms with Crippen molar-refractivity contribution in [1.82, 2.24) is 0 Å². The number of benzene rings is 2. The summed E-state index contributed by atoms with van der Waals surface area (Å²) in [6.45, 7) is 0. The molecule has 2 aromatic rings. The minimum atomic E-state index is -0.568. The molecule has 0 N–H and O–H groups in total. The maximum Gasteiger partial charge on any atom is 0.294 e. The molecule has 0 saturated carbocycles. The van der Waals surface area contributed by atoms with E-state index in [0.717, 1.165) is 0 Å². The molecule has 2 aromatic carbocycles. The predicted molar refractivity (Wildman–Crippen MR) is 74.8 cm³/mol. The number of nitrogens with zero attached hydrogens (tertiary/aromatic N) is 2. The first-order valence-corrected chi connectivity index (χ1v) is 5.97. The Bertz CT molecular complexity index is 723. The lowest BCUT2D eigenvalue weighted by atomic mass is 10.00. The summed E-state index contributed by atoms with van der Waals surface area (Å²) in [5.41, 5.74) is 0.600. The molecule has 0 aliphatic rings. The second kappa shape index (κ2) is 5.59. The number of nitriles is 1. The Morgan fingerprint density at radius 2 is 2.05 bits per heavy atom. The summed E-state index contributed by atoms with van der Waals surface area (Å²) in [6, 6.07) is 11.2. The lowest BCUT2D eigenvalue weighted by Crippen LogP contribution is -1.97. The van der Waals surface area contributed by atoms with Gasteiger partial charge in [-0.3, -0.25) is 10.1 Å². The molecule has 6 heteroatoms. The van der Waals surface area contributed by atoms with E-state index in [2.05, 4.69) is 0 Å². The summed E-state index contributed by atoms with van der Waals surface area (Å²) >= 11 is 5.88. The molecule has 0 saturated heterocycles. The topological polar surface area (TPSA) is 76.2 Å². The lowest BCUT2D eigenvalue weighted by Gasteiger charge is -2.10. The Hall–Kier alpha value is -2.58. The van der Waals surface area contributed by atoms with E-state index in [1.807, 2.05) is 6.07 Å². The zero-order valence-corrected chi connectivity index (χ0v) is 11.2. The molecule has 0 spiro atoms. The molecule has 20 heavy (non-hydrogen) atoms. The molecule has 0 aliphatic carbocycles. The molecule has 0 aromatic heterocycles. The average Bonchev–Trinajstić information content (AvgIpc) is 2.46. The molecule has 0 bridgehead atoms. The highest BCUT2D eigenvalue weighted by molar-refractivity contribution is 6.30. The average molecular weight is 289 g/mol. The number of methoxy groups -OCH3 is 1. The second-order valence-corrected chi connectivity index (χ2v) is 4.35. The molecule has 0 unspecified atom stereocenters. The molecule has 0 radical (unpaired) electrons. The summed E-state index contributed by atoms with van der Waals surface area (Å²) < 4.78 is 5.20. The molecule has 0 amide bonds. The maximum atomic E-state index is 11.2. The predicted octanol–water partition coefficient (Wildman–Crippen LogP) is 3.80. The molecule has 0 aliphatic heterocycles. The van der Waals surface area contributed by atoms with Crippen molar-refractivity contribution in [2.75, 3.05) is 7.11 Å². The van der Waals surface area contributed by atoms with Gasteiger partial charge >= 0.3 is 0 Å². The first-order chi connectivity index (χ1) is 9.58. The third-order valence-corrected chi connectivity index (χ3v) is 3.03. The van der Waals surface area contributed by atoms with Crippen molar-refractivity contribution in [1.29, 1.82) is 5.26 Å². The zero-order chi connectivity index (χ0) is 14.7. The highest BCUT2D eigenvalue weighted by Crippen LogP contribution is 2.38. The van der Waals surface area contributed by atoms with Gasteiger partial charge in [0, 0.05) is 10.6 Å². The van der Waals surface area contributed by atoms with Crippen LogP contribution in [-0.4, -0.2) is 12.0 Å². The van der Waals surface area contributed by atoms with E-state index in [-0.39, 0.29) is 11.3 Å². The van der Waals surface area contributed by atoms with Crippen molar-refractivity contribution >= 4 is 17.3 Å². The lowest BCUT2D eigenvalue weighted by molar-refractivity contribution is -0.384. The van der Waals surface area contributed by atoms with E-state index >= 15 is 0 Å². The van der Waals surface area contributed by atoms with Gasteiger partial charge in [0.25, 0.3) is 5.69 Å². The first kappa shape index (κ1) is 13.8. The number of hydrogen-bond acceptors (Lipinski definition) is 4. The first-order valence-electron chi connectivity index (χ1n) is 5.60. The number of nitro benzene ring substituents is 1. The van der Waals surface area contributed by atoms with Gasteiger partial charge in [0.05, 0.1) is 17.6 Å². The van der Waals surface area contributed by atoms with Gasteiger partial charge in [-0.2, -0.15) is 5.26 Å². The number of hydrogen-bond donors (Lipinski definition) is 0. The minimum Gasteiger partial charge on any atom is -0.496 e. The number of ether oxygens (including phenoxy) is 1. The Balaban J connectivity index is 2.77. The van der Waals surface area contributed by atoms with Crippen molar-refractivity contribution in [2.24, 2.45) is 0 Å². The summed E-state index contributed by atoms with van der Waals surface area (Å²) in [6.07, 6.45) is 0. The van der Waals surface area contributed by atoms with Gasteiger partial charge in [-0.15, -0.1) is 0 Å². The third kappa shape index (κ3) is 2.42. The van der Waals surface area contributed by atoms with Crippen LogP contribution in [0.25, 0.3) is 11.1 Å². The number of nitro groups is 1. The van der Waals surface area contributed by atoms with Crippen LogP contribution in [0.3, 0.4) is 0 Å². The van der Waals surface area contributed by atoms with Crippen LogP contribution >= 0.6 is 11.6 Å². The molecule has 5 nitrogen and oxygen atoms in total. The van der Waals surface area contributed by atoms with Crippen molar-refractivity contribution in [2.45, 2.75) is 0 Å². The number of halogens is 1. The van der Waals surface area contributed by atoms with E-state index in [1.165, 1.54) is 13.2 Å². The fourth-order valence-electron chi connectivity index (χ4n) is 1.94. The standard InChI is InChI=1S/C14H9ClN2O3/c1-20-13-7-10(15)5-6-11(13)12-4-2-3-9(8-16)14(12)17(18)19/h2-7H,1H3. The van der Waals surface area contributed by atoms with Crippen LogP contribution in [0.5, 0.6) is 5.75 Å². The Morgan fingerprint density at radius 3 is 2.65 bits per heavy atom. The SMILES string of the molecule is COc1cc(Cl)ccc1-c1cccc(C#N)c1[N+](=O)[O-]. The van der Waals surface area contributed by atoms with Crippen molar-refractivity contribution in [3.05, 3.63) is 57.1 Å². The molecule has 100 valence electrons. The Kier molecular flexibility index (Phi) is 3.87. The highest BCUT2D eigenvalue weighted by Gasteiger charge is 2.22. The molecule has 0 fully saturated rings. The monoisotopic (exact) mass is 288 g/mol. The van der Waals surface area contributed by atoms with Crippen LogP contribution in [0.1, 0.15) is 5.56 Å². The molecule has 2 rings (SSSR count). The van der Waals surface area contributed by atoms with Gasteiger partial charge in [0.1, 0.15) is 17.4 Å². The molecule has 0 heterocycles. The number of rotatable bonds is 3. The fraction of sp³-hybridized carbons (Fsp3) is 0.0714. The van der Waals surface area contributed by atoms with Gasteiger partial charge in [-0.05, 0) is 30.3 Å². The minimum absolute atomic E-state index is 0.00417. The highest BCUT2D eigenvalue weighted by atomic mass is 35.5. The summed E-state index contributed by atoms with van der Waals surface area (Å²) in [5.74, 6) is 0.413. The van der Waals surface area contributed by atoms with Gasteiger partial charge in [0.15, 0.2) is 0 Å². The quantitative estimate of drug-likeness (QED) is 0.636. The van der Waals surface area contributed by atoms with E-state index in [4.69, 9.17) is 21.6 Å². The van der Waals surface area contributed by atoms with Crippen molar-refractivity contribution in [3.8, 4) is 22.9 Å². The van der Waals surface area contributed by atoms with Crippen LogP contribution in [0.2, 0.25) is 5.02 Å². The summed E-state index contributed by atoms with van der Waals surface area (Å²) in [5, 5.41) is 20.7. The van der Waals surface area contributed by atoms with Crippen molar-refractivity contribution in [3.63, 3.8) is 0 Å². The third-order valence-electron chi connectivity index (χ3n) is 2.79. The molecular weight excluding hydrogens is 280 g/mol. The largest absolute Gasteiger partial charge is 0.496 e. The normalized spacial score (nSPS) is 9.85. The zero-order valence-electron chi connectivity index (χ0n) is 10.5. The van der Waals surface area contributed by atoms with Crippen LogP contribution < -0.4 is 4.74 Å². The smallest absolute Gasteiger partial charge is 0.294 e.